The number of unbranched alkanes of at least 4 members (excludes halogenated alkanes) is 49. The summed E-state index contributed by atoms with van der Waals surface area (Å²) in [5.41, 5.74) is 0. The molecule has 6 heteroatoms. The minimum atomic E-state index is -0.768. The van der Waals surface area contributed by atoms with E-state index in [0.717, 1.165) is 57.8 Å². The molecule has 1 atom stereocenters. The molecule has 0 N–H and O–H groups in total. The van der Waals surface area contributed by atoms with Crippen LogP contribution >= 0.6 is 0 Å². The third kappa shape index (κ3) is 60.9. The van der Waals surface area contributed by atoms with E-state index < -0.39 is 6.10 Å². The summed E-state index contributed by atoms with van der Waals surface area (Å²) in [6.07, 6.45) is 73.7. The Labute approximate surface area is 456 Å². The van der Waals surface area contributed by atoms with Gasteiger partial charge < -0.3 is 14.2 Å². The Bertz CT molecular complexity index is 1130. The maximum atomic E-state index is 12.9. The standard InChI is InChI=1S/C67H128O6/c1-4-7-10-13-16-19-22-25-27-29-30-31-32-33-34-35-36-38-39-42-45-48-51-54-57-60-66(69)72-63-64(62-71-65(68)59-56-53-50-47-44-41-24-21-18-15-12-9-6-3)73-67(70)61-58-55-52-49-46-43-40-37-28-26-23-20-17-14-11-8-5-2/h26,28,64H,4-25,27,29-63H2,1-3H3/b28-26-. The average Bonchev–Trinajstić information content (AvgIpc) is 3.39. The molecule has 0 aromatic carbocycles. The molecule has 1 unspecified atom stereocenters. The van der Waals surface area contributed by atoms with Crippen molar-refractivity contribution in [3.63, 3.8) is 0 Å². The summed E-state index contributed by atoms with van der Waals surface area (Å²) in [5, 5.41) is 0. The molecule has 432 valence electrons. The van der Waals surface area contributed by atoms with Crippen molar-refractivity contribution in [3.8, 4) is 0 Å². The average molecular weight is 1030 g/mol. The molecule has 6 nitrogen and oxygen atoms in total. The lowest BCUT2D eigenvalue weighted by atomic mass is 10.0. The molecule has 0 saturated carbocycles. The van der Waals surface area contributed by atoms with Crippen LogP contribution in [0.1, 0.15) is 380 Å². The number of allylic oxidation sites excluding steroid dienone is 2. The molecule has 0 heterocycles. The van der Waals surface area contributed by atoms with E-state index in [9.17, 15) is 14.4 Å². The lowest BCUT2D eigenvalue weighted by molar-refractivity contribution is -0.167. The fraction of sp³-hybridized carbons (Fsp3) is 0.925. The molecule has 0 radical (unpaired) electrons. The summed E-state index contributed by atoms with van der Waals surface area (Å²) in [7, 11) is 0. The summed E-state index contributed by atoms with van der Waals surface area (Å²) in [6.45, 7) is 6.71. The minimum absolute atomic E-state index is 0.0652. The van der Waals surface area contributed by atoms with E-state index in [2.05, 4.69) is 32.9 Å². The van der Waals surface area contributed by atoms with Gasteiger partial charge in [0.1, 0.15) is 13.2 Å². The molecule has 0 spiro atoms. The second-order valence-electron chi connectivity index (χ2n) is 22.7. The van der Waals surface area contributed by atoms with Gasteiger partial charge in [0.2, 0.25) is 0 Å². The molecule has 0 aromatic heterocycles. The van der Waals surface area contributed by atoms with E-state index in [-0.39, 0.29) is 31.1 Å². The Morgan fingerprint density at radius 1 is 0.260 bits per heavy atom. The molecule has 0 aliphatic rings. The summed E-state index contributed by atoms with van der Waals surface area (Å²) in [5.74, 6) is -0.839. The number of ether oxygens (including phenoxy) is 3. The van der Waals surface area contributed by atoms with Gasteiger partial charge in [-0.2, -0.15) is 0 Å². The third-order valence-electron chi connectivity index (χ3n) is 15.3. The van der Waals surface area contributed by atoms with Crippen molar-refractivity contribution in [2.45, 2.75) is 386 Å². The third-order valence-corrected chi connectivity index (χ3v) is 15.3. The molecule has 0 saturated heterocycles. The van der Waals surface area contributed by atoms with Crippen LogP contribution in [0.25, 0.3) is 0 Å². The molecule has 0 aliphatic heterocycles. The Morgan fingerprint density at radius 3 is 0.685 bits per heavy atom. The van der Waals surface area contributed by atoms with Gasteiger partial charge in [-0.25, -0.2) is 0 Å². The van der Waals surface area contributed by atoms with Gasteiger partial charge in [-0.1, -0.05) is 328 Å². The largest absolute Gasteiger partial charge is 0.462 e. The molecule has 0 bridgehead atoms. The number of rotatable bonds is 62. The van der Waals surface area contributed by atoms with E-state index in [4.69, 9.17) is 14.2 Å². The molecule has 0 aromatic rings. The van der Waals surface area contributed by atoms with Gasteiger partial charge in [0.15, 0.2) is 6.10 Å². The van der Waals surface area contributed by atoms with Gasteiger partial charge >= 0.3 is 17.9 Å². The van der Waals surface area contributed by atoms with E-state index in [1.807, 2.05) is 0 Å². The van der Waals surface area contributed by atoms with Gasteiger partial charge in [0.25, 0.3) is 0 Å². The molecule has 0 fully saturated rings. The smallest absolute Gasteiger partial charge is 0.306 e. The quantitative estimate of drug-likeness (QED) is 0.0261. The predicted octanol–water partition coefficient (Wildman–Crippen LogP) is 22.4. The SMILES string of the molecule is CCCCCCCC/C=C\CCCCCCCCCC(=O)OC(COC(=O)CCCCCCCCCCCCCCC)COC(=O)CCCCCCCCCCCCCCCCCCCCCCCCCCC. The van der Waals surface area contributed by atoms with Crippen LogP contribution in [0.5, 0.6) is 0 Å². The fourth-order valence-electron chi connectivity index (χ4n) is 10.3. The number of esters is 3. The van der Waals surface area contributed by atoms with Crippen LogP contribution in [0.3, 0.4) is 0 Å². The topological polar surface area (TPSA) is 78.9 Å². The molecular formula is C67H128O6. The highest BCUT2D eigenvalue weighted by molar-refractivity contribution is 5.71. The number of carbonyl (C=O) groups is 3. The van der Waals surface area contributed by atoms with E-state index >= 15 is 0 Å². The maximum Gasteiger partial charge on any atom is 0.306 e. The predicted molar refractivity (Wildman–Crippen MR) is 317 cm³/mol. The van der Waals surface area contributed by atoms with Gasteiger partial charge in [-0.15, -0.1) is 0 Å². The first-order valence-electron chi connectivity index (χ1n) is 33.2. The van der Waals surface area contributed by atoms with Gasteiger partial charge in [-0.05, 0) is 44.9 Å². The monoisotopic (exact) mass is 1030 g/mol. The Balaban J connectivity index is 4.20. The number of hydrogen-bond acceptors (Lipinski definition) is 6. The zero-order chi connectivity index (χ0) is 52.9. The van der Waals surface area contributed by atoms with Crippen molar-refractivity contribution in [1.82, 2.24) is 0 Å². The Kier molecular flexibility index (Phi) is 61.1. The van der Waals surface area contributed by atoms with Gasteiger partial charge in [0.05, 0.1) is 0 Å². The van der Waals surface area contributed by atoms with Crippen LogP contribution in [0.4, 0.5) is 0 Å². The first kappa shape index (κ1) is 71.2. The van der Waals surface area contributed by atoms with E-state index in [1.54, 1.807) is 0 Å². The van der Waals surface area contributed by atoms with Gasteiger partial charge in [0, 0.05) is 19.3 Å². The van der Waals surface area contributed by atoms with Crippen LogP contribution in [-0.2, 0) is 28.6 Å². The summed E-state index contributed by atoms with van der Waals surface area (Å²) < 4.78 is 17.0. The first-order chi connectivity index (χ1) is 36.0. The fourth-order valence-corrected chi connectivity index (χ4v) is 10.3. The first-order valence-corrected chi connectivity index (χ1v) is 33.2. The van der Waals surface area contributed by atoms with Crippen LogP contribution in [-0.4, -0.2) is 37.2 Å². The van der Waals surface area contributed by atoms with Crippen LogP contribution in [0.2, 0.25) is 0 Å². The van der Waals surface area contributed by atoms with Crippen molar-refractivity contribution in [3.05, 3.63) is 12.2 Å². The van der Waals surface area contributed by atoms with Gasteiger partial charge in [-0.3, -0.25) is 14.4 Å². The second-order valence-corrected chi connectivity index (χ2v) is 22.7. The highest BCUT2D eigenvalue weighted by atomic mass is 16.6. The lowest BCUT2D eigenvalue weighted by Crippen LogP contribution is -2.30. The highest BCUT2D eigenvalue weighted by Gasteiger charge is 2.19. The summed E-state index contributed by atoms with van der Waals surface area (Å²) in [4.78, 5) is 38.3. The van der Waals surface area contributed by atoms with Crippen LogP contribution < -0.4 is 0 Å². The van der Waals surface area contributed by atoms with Crippen LogP contribution in [0, 0.1) is 0 Å². The van der Waals surface area contributed by atoms with E-state index in [1.165, 1.54) is 283 Å². The zero-order valence-corrected chi connectivity index (χ0v) is 49.7. The normalized spacial score (nSPS) is 12.0. The highest BCUT2D eigenvalue weighted by Crippen LogP contribution is 2.18. The Hall–Kier alpha value is -1.85. The zero-order valence-electron chi connectivity index (χ0n) is 49.7. The van der Waals surface area contributed by atoms with Crippen molar-refractivity contribution < 1.29 is 28.6 Å². The lowest BCUT2D eigenvalue weighted by Gasteiger charge is -2.18. The van der Waals surface area contributed by atoms with Crippen molar-refractivity contribution in [1.29, 1.82) is 0 Å². The van der Waals surface area contributed by atoms with Crippen LogP contribution in [0.15, 0.2) is 12.2 Å². The summed E-state index contributed by atoms with van der Waals surface area (Å²) >= 11 is 0. The second kappa shape index (κ2) is 62.7. The maximum absolute atomic E-state index is 12.9. The molecular weight excluding hydrogens is 901 g/mol. The molecule has 0 aliphatic carbocycles. The van der Waals surface area contributed by atoms with E-state index in [0.29, 0.717) is 19.3 Å². The van der Waals surface area contributed by atoms with Crippen molar-refractivity contribution in [2.75, 3.05) is 13.2 Å². The molecule has 0 amide bonds. The molecule has 0 rings (SSSR count). The number of carbonyl (C=O) groups excluding carboxylic acids is 3. The minimum Gasteiger partial charge on any atom is -0.462 e. The Morgan fingerprint density at radius 2 is 0.452 bits per heavy atom. The van der Waals surface area contributed by atoms with Crippen molar-refractivity contribution >= 4 is 17.9 Å². The number of hydrogen-bond donors (Lipinski definition) is 0. The van der Waals surface area contributed by atoms with Crippen molar-refractivity contribution in [2.24, 2.45) is 0 Å². The molecule has 73 heavy (non-hydrogen) atoms. The summed E-state index contributed by atoms with van der Waals surface area (Å²) in [6, 6.07) is 0.